The van der Waals surface area contributed by atoms with Crippen molar-refractivity contribution in [2.75, 3.05) is 21.3 Å². The van der Waals surface area contributed by atoms with Crippen molar-refractivity contribution >= 4 is 0 Å². The van der Waals surface area contributed by atoms with E-state index in [4.69, 9.17) is 25.8 Å². The molecular weight excluding hydrogens is 210 g/mol. The monoisotopic (exact) mass is 227 g/mol. The summed E-state index contributed by atoms with van der Waals surface area (Å²) in [7, 11) is 4.65. The Bertz CT molecular complexity index is 332. The van der Waals surface area contributed by atoms with Gasteiger partial charge in [0.1, 0.15) is 23.4 Å². The molecule has 16 heavy (non-hydrogen) atoms. The first kappa shape index (κ1) is 12.6. The number of benzene rings is 1. The first-order valence-electron chi connectivity index (χ1n) is 4.69. The van der Waals surface area contributed by atoms with Gasteiger partial charge in [0.05, 0.1) is 26.9 Å². The number of nitrogens with one attached hydrogen (secondary N) is 1. The van der Waals surface area contributed by atoms with Crippen LogP contribution in [0.4, 0.5) is 0 Å². The van der Waals surface area contributed by atoms with Crippen molar-refractivity contribution in [3.8, 4) is 17.2 Å². The maximum Gasteiger partial charge on any atom is 0.132 e. The Balaban J connectivity index is 3.31. The zero-order chi connectivity index (χ0) is 12.1. The predicted molar refractivity (Wildman–Crippen MR) is 60.3 cm³/mol. The molecule has 1 aromatic carbocycles. The second kappa shape index (κ2) is 5.55. The number of hydrogen-bond donors (Lipinski definition) is 3. The van der Waals surface area contributed by atoms with Gasteiger partial charge in [0.2, 0.25) is 0 Å². The molecule has 0 aromatic heterocycles. The standard InChI is InChI=1S/C10H17N3O3/c1-14-6-4-7(15-2)9(10(11)13-12)8(5-6)16-3/h4-5,10,13H,11-12H2,1-3H3. The molecule has 1 atom stereocenters. The average Bonchev–Trinajstić information content (AvgIpc) is 2.35. The van der Waals surface area contributed by atoms with Gasteiger partial charge in [-0.05, 0) is 0 Å². The molecule has 0 aliphatic rings. The Morgan fingerprint density at radius 2 is 1.56 bits per heavy atom. The molecule has 90 valence electrons. The summed E-state index contributed by atoms with van der Waals surface area (Å²) in [5.74, 6) is 7.05. The van der Waals surface area contributed by atoms with E-state index in [1.54, 1.807) is 33.5 Å². The SMILES string of the molecule is COc1cc(OC)c(C(N)NN)c(OC)c1. The highest BCUT2D eigenvalue weighted by Crippen LogP contribution is 2.36. The zero-order valence-electron chi connectivity index (χ0n) is 9.61. The maximum atomic E-state index is 5.80. The average molecular weight is 227 g/mol. The van der Waals surface area contributed by atoms with Crippen LogP contribution in [0.25, 0.3) is 0 Å². The Kier molecular flexibility index (Phi) is 4.36. The molecule has 1 unspecified atom stereocenters. The smallest absolute Gasteiger partial charge is 0.132 e. The minimum atomic E-state index is -0.573. The molecule has 0 fully saturated rings. The lowest BCUT2D eigenvalue weighted by Crippen LogP contribution is -2.34. The van der Waals surface area contributed by atoms with Crippen molar-refractivity contribution in [2.45, 2.75) is 6.17 Å². The molecule has 0 saturated carbocycles. The number of hydrogen-bond acceptors (Lipinski definition) is 6. The van der Waals surface area contributed by atoms with E-state index in [-0.39, 0.29) is 0 Å². The van der Waals surface area contributed by atoms with E-state index >= 15 is 0 Å². The van der Waals surface area contributed by atoms with Gasteiger partial charge < -0.3 is 19.9 Å². The lowest BCUT2D eigenvalue weighted by molar-refractivity contribution is 0.359. The van der Waals surface area contributed by atoms with E-state index in [2.05, 4.69) is 5.43 Å². The fourth-order valence-electron chi connectivity index (χ4n) is 1.42. The van der Waals surface area contributed by atoms with Crippen LogP contribution < -0.4 is 31.2 Å². The molecule has 0 aliphatic heterocycles. The Hall–Kier alpha value is -1.50. The predicted octanol–water partition coefficient (Wildman–Crippen LogP) is 0.133. The topological polar surface area (TPSA) is 91.8 Å². The molecule has 0 bridgehead atoms. The highest BCUT2D eigenvalue weighted by molar-refractivity contribution is 5.52. The number of hydrazine groups is 1. The fraction of sp³-hybridized carbons (Fsp3) is 0.400. The van der Waals surface area contributed by atoms with Gasteiger partial charge in [-0.15, -0.1) is 0 Å². The normalized spacial score (nSPS) is 12.1. The first-order valence-corrected chi connectivity index (χ1v) is 4.69. The van der Waals surface area contributed by atoms with E-state index in [1.807, 2.05) is 0 Å². The van der Waals surface area contributed by atoms with E-state index in [9.17, 15) is 0 Å². The molecular formula is C10H17N3O3. The number of ether oxygens (including phenoxy) is 3. The van der Waals surface area contributed by atoms with Gasteiger partial charge in [-0.2, -0.15) is 0 Å². The molecule has 0 spiro atoms. The summed E-state index contributed by atoms with van der Waals surface area (Å²) in [6.45, 7) is 0. The van der Waals surface area contributed by atoms with Crippen LogP contribution in [-0.4, -0.2) is 21.3 Å². The van der Waals surface area contributed by atoms with Gasteiger partial charge >= 0.3 is 0 Å². The third-order valence-corrected chi connectivity index (χ3v) is 2.24. The van der Waals surface area contributed by atoms with Crippen LogP contribution in [0.2, 0.25) is 0 Å². The first-order chi connectivity index (χ1) is 7.67. The molecule has 0 radical (unpaired) electrons. The second-order valence-electron chi connectivity index (χ2n) is 3.09. The highest BCUT2D eigenvalue weighted by atomic mass is 16.5. The minimum absolute atomic E-state index is 0.557. The van der Waals surface area contributed by atoms with Gasteiger partial charge in [-0.25, -0.2) is 5.43 Å². The van der Waals surface area contributed by atoms with Crippen LogP contribution in [0.1, 0.15) is 11.7 Å². The quantitative estimate of drug-likeness (QED) is 0.376. The third-order valence-electron chi connectivity index (χ3n) is 2.24. The molecule has 0 heterocycles. The Morgan fingerprint density at radius 3 is 1.88 bits per heavy atom. The van der Waals surface area contributed by atoms with Crippen LogP contribution in [0.3, 0.4) is 0 Å². The van der Waals surface area contributed by atoms with Crippen molar-refractivity contribution in [2.24, 2.45) is 11.6 Å². The van der Waals surface area contributed by atoms with Gasteiger partial charge in [0.15, 0.2) is 0 Å². The van der Waals surface area contributed by atoms with Crippen LogP contribution >= 0.6 is 0 Å². The fourth-order valence-corrected chi connectivity index (χ4v) is 1.42. The highest BCUT2D eigenvalue weighted by Gasteiger charge is 2.18. The van der Waals surface area contributed by atoms with Crippen molar-refractivity contribution in [3.05, 3.63) is 17.7 Å². The van der Waals surface area contributed by atoms with Crippen molar-refractivity contribution in [1.29, 1.82) is 0 Å². The van der Waals surface area contributed by atoms with Crippen molar-refractivity contribution in [1.82, 2.24) is 5.43 Å². The van der Waals surface area contributed by atoms with E-state index in [0.29, 0.717) is 22.8 Å². The number of nitrogens with two attached hydrogens (primary N) is 2. The van der Waals surface area contributed by atoms with Crippen molar-refractivity contribution in [3.63, 3.8) is 0 Å². The number of rotatable bonds is 5. The molecule has 6 nitrogen and oxygen atoms in total. The molecule has 0 saturated heterocycles. The van der Waals surface area contributed by atoms with E-state index in [1.165, 1.54) is 0 Å². The van der Waals surface area contributed by atoms with Crippen LogP contribution in [-0.2, 0) is 0 Å². The maximum absolute atomic E-state index is 5.80. The summed E-state index contributed by atoms with van der Waals surface area (Å²) in [4.78, 5) is 0. The summed E-state index contributed by atoms with van der Waals surface area (Å²) < 4.78 is 15.6. The van der Waals surface area contributed by atoms with Crippen LogP contribution in [0.15, 0.2) is 12.1 Å². The summed E-state index contributed by atoms with van der Waals surface area (Å²) >= 11 is 0. The lowest BCUT2D eigenvalue weighted by Gasteiger charge is -2.19. The van der Waals surface area contributed by atoms with Gasteiger partial charge in [0.25, 0.3) is 0 Å². The Morgan fingerprint density at radius 1 is 1.06 bits per heavy atom. The molecule has 1 rings (SSSR count). The van der Waals surface area contributed by atoms with Crippen molar-refractivity contribution < 1.29 is 14.2 Å². The Labute approximate surface area is 94.4 Å². The zero-order valence-corrected chi connectivity index (χ0v) is 9.61. The summed E-state index contributed by atoms with van der Waals surface area (Å²) in [6.07, 6.45) is -0.573. The molecule has 5 N–H and O–H groups in total. The van der Waals surface area contributed by atoms with Gasteiger partial charge in [0, 0.05) is 12.1 Å². The summed E-state index contributed by atoms with van der Waals surface area (Å²) in [6, 6.07) is 3.43. The lowest BCUT2D eigenvalue weighted by atomic mass is 10.1. The van der Waals surface area contributed by atoms with Crippen LogP contribution in [0.5, 0.6) is 17.2 Å². The molecule has 6 heteroatoms. The second-order valence-corrected chi connectivity index (χ2v) is 3.09. The molecule has 0 amide bonds. The van der Waals surface area contributed by atoms with Gasteiger partial charge in [-0.1, -0.05) is 0 Å². The third kappa shape index (κ3) is 2.35. The largest absolute Gasteiger partial charge is 0.496 e. The minimum Gasteiger partial charge on any atom is -0.496 e. The summed E-state index contributed by atoms with van der Waals surface area (Å²) in [5, 5.41) is 0. The van der Waals surface area contributed by atoms with Gasteiger partial charge in [-0.3, -0.25) is 5.84 Å². The van der Waals surface area contributed by atoms with Crippen LogP contribution in [0, 0.1) is 0 Å². The van der Waals surface area contributed by atoms with E-state index in [0.717, 1.165) is 0 Å². The van der Waals surface area contributed by atoms with E-state index < -0.39 is 6.17 Å². The molecule has 1 aromatic rings. The molecule has 0 aliphatic carbocycles. The summed E-state index contributed by atoms with van der Waals surface area (Å²) in [5.41, 5.74) is 8.89. The number of methoxy groups -OCH3 is 3.